The summed E-state index contributed by atoms with van der Waals surface area (Å²) >= 11 is 5.82. The van der Waals surface area contributed by atoms with Crippen LogP contribution in [-0.2, 0) is 6.54 Å². The van der Waals surface area contributed by atoms with Crippen molar-refractivity contribution < 1.29 is 9.90 Å². The SMILES string of the molecule is NC(=O)c1nn(CC(O)c2ccc(Cl)cc2)c(=O)c2ccccc12. The van der Waals surface area contributed by atoms with E-state index in [-0.39, 0.29) is 12.2 Å². The van der Waals surface area contributed by atoms with Crippen molar-refractivity contribution in [2.75, 3.05) is 0 Å². The minimum absolute atomic E-state index is 0.00601. The van der Waals surface area contributed by atoms with Gasteiger partial charge in [0.1, 0.15) is 0 Å². The van der Waals surface area contributed by atoms with Crippen LogP contribution in [0.3, 0.4) is 0 Å². The molecule has 7 heteroatoms. The minimum Gasteiger partial charge on any atom is -0.386 e. The van der Waals surface area contributed by atoms with Crippen molar-refractivity contribution in [3.8, 4) is 0 Å². The molecular weight excluding hydrogens is 330 g/mol. The highest BCUT2D eigenvalue weighted by atomic mass is 35.5. The molecule has 0 radical (unpaired) electrons. The van der Waals surface area contributed by atoms with Gasteiger partial charge >= 0.3 is 0 Å². The van der Waals surface area contributed by atoms with Gasteiger partial charge in [0.2, 0.25) is 0 Å². The number of aliphatic hydroxyl groups is 1. The number of aromatic nitrogens is 2. The molecule has 0 aliphatic rings. The van der Waals surface area contributed by atoms with Crippen LogP contribution in [0, 0.1) is 0 Å². The Bertz CT molecular complexity index is 967. The molecule has 0 spiro atoms. The molecule has 0 aliphatic carbocycles. The van der Waals surface area contributed by atoms with E-state index in [2.05, 4.69) is 5.10 Å². The van der Waals surface area contributed by atoms with Crippen molar-refractivity contribution in [3.63, 3.8) is 0 Å². The first-order valence-corrected chi connectivity index (χ1v) is 7.58. The summed E-state index contributed by atoms with van der Waals surface area (Å²) < 4.78 is 1.06. The van der Waals surface area contributed by atoms with Crippen LogP contribution in [0.5, 0.6) is 0 Å². The maximum absolute atomic E-state index is 12.5. The lowest BCUT2D eigenvalue weighted by atomic mass is 10.1. The average Bonchev–Trinajstić information content (AvgIpc) is 2.57. The highest BCUT2D eigenvalue weighted by molar-refractivity contribution is 6.30. The molecule has 3 aromatic rings. The first kappa shape index (κ1) is 16.2. The van der Waals surface area contributed by atoms with Crippen LogP contribution >= 0.6 is 11.6 Å². The highest BCUT2D eigenvalue weighted by Gasteiger charge is 2.17. The van der Waals surface area contributed by atoms with Gasteiger partial charge in [0, 0.05) is 10.4 Å². The molecule has 3 N–H and O–H groups in total. The minimum atomic E-state index is -0.977. The monoisotopic (exact) mass is 343 g/mol. The number of carbonyl (C=O) groups is 1. The molecule has 0 bridgehead atoms. The molecule has 3 rings (SSSR count). The third-order valence-electron chi connectivity index (χ3n) is 3.70. The second-order valence-electron chi connectivity index (χ2n) is 5.31. The molecule has 1 unspecified atom stereocenters. The summed E-state index contributed by atoms with van der Waals surface area (Å²) in [5, 5.41) is 15.6. The number of nitrogens with two attached hydrogens (primary N) is 1. The fourth-order valence-electron chi connectivity index (χ4n) is 2.50. The molecular formula is C17H14ClN3O3. The number of hydrogen-bond acceptors (Lipinski definition) is 4. The van der Waals surface area contributed by atoms with Crippen molar-refractivity contribution in [1.29, 1.82) is 0 Å². The summed E-state index contributed by atoms with van der Waals surface area (Å²) in [7, 11) is 0. The van der Waals surface area contributed by atoms with Gasteiger partial charge in [-0.15, -0.1) is 0 Å². The summed E-state index contributed by atoms with van der Waals surface area (Å²) in [6.45, 7) is -0.106. The first-order chi connectivity index (χ1) is 11.5. The van der Waals surface area contributed by atoms with E-state index in [1.165, 1.54) is 0 Å². The molecule has 1 aromatic heterocycles. The smallest absolute Gasteiger partial charge is 0.274 e. The number of hydrogen-bond donors (Lipinski definition) is 2. The molecule has 6 nitrogen and oxygen atoms in total. The van der Waals surface area contributed by atoms with Crippen molar-refractivity contribution in [3.05, 3.63) is 75.2 Å². The lowest BCUT2D eigenvalue weighted by Crippen LogP contribution is -2.29. The van der Waals surface area contributed by atoms with Crippen LogP contribution in [-0.4, -0.2) is 20.8 Å². The zero-order chi connectivity index (χ0) is 17.3. The molecule has 2 aromatic carbocycles. The lowest BCUT2D eigenvalue weighted by molar-refractivity contribution is 0.0992. The van der Waals surface area contributed by atoms with Gasteiger partial charge in [-0.3, -0.25) is 9.59 Å². The quantitative estimate of drug-likeness (QED) is 0.755. The maximum Gasteiger partial charge on any atom is 0.274 e. The van der Waals surface area contributed by atoms with Gasteiger partial charge in [-0.05, 0) is 23.8 Å². The Kier molecular flexibility index (Phi) is 4.33. The predicted octanol–water partition coefficient (Wildman–Crippen LogP) is 1.88. The molecule has 0 saturated heterocycles. The van der Waals surface area contributed by atoms with Gasteiger partial charge in [0.25, 0.3) is 11.5 Å². The third kappa shape index (κ3) is 3.02. The first-order valence-electron chi connectivity index (χ1n) is 7.20. The van der Waals surface area contributed by atoms with Gasteiger partial charge in [0.05, 0.1) is 18.0 Å². The molecule has 24 heavy (non-hydrogen) atoms. The number of halogens is 1. The second-order valence-corrected chi connectivity index (χ2v) is 5.75. The average molecular weight is 344 g/mol. The van der Waals surface area contributed by atoms with E-state index >= 15 is 0 Å². The van der Waals surface area contributed by atoms with Crippen LogP contribution in [0.2, 0.25) is 5.02 Å². The summed E-state index contributed by atoms with van der Waals surface area (Å²) in [5.74, 6) is -0.735. The Morgan fingerprint density at radius 1 is 1.17 bits per heavy atom. The number of fused-ring (bicyclic) bond motifs is 1. The maximum atomic E-state index is 12.5. The van der Waals surface area contributed by atoms with Crippen LogP contribution in [0.25, 0.3) is 10.8 Å². The number of benzene rings is 2. The molecule has 0 aliphatic heterocycles. The molecule has 1 atom stereocenters. The molecule has 0 saturated carbocycles. The van der Waals surface area contributed by atoms with Gasteiger partial charge in [0.15, 0.2) is 5.69 Å². The van der Waals surface area contributed by atoms with E-state index in [0.717, 1.165) is 4.68 Å². The fraction of sp³-hybridized carbons (Fsp3) is 0.118. The van der Waals surface area contributed by atoms with Crippen LogP contribution in [0.15, 0.2) is 53.3 Å². The standard InChI is InChI=1S/C17H14ClN3O3/c18-11-7-5-10(6-8-11)14(22)9-21-17(24)13-4-2-1-3-12(13)15(20-21)16(19)23/h1-8,14,22H,9H2,(H2,19,23). The normalized spacial score (nSPS) is 12.2. The number of nitrogens with zero attached hydrogens (tertiary/aromatic N) is 2. The fourth-order valence-corrected chi connectivity index (χ4v) is 2.62. The summed E-state index contributed by atoms with van der Waals surface area (Å²) in [4.78, 5) is 24.2. The largest absolute Gasteiger partial charge is 0.386 e. The van der Waals surface area contributed by atoms with E-state index in [1.807, 2.05) is 0 Å². The number of aliphatic hydroxyl groups excluding tert-OH is 1. The van der Waals surface area contributed by atoms with Crippen molar-refractivity contribution in [2.24, 2.45) is 5.73 Å². The van der Waals surface area contributed by atoms with Gasteiger partial charge < -0.3 is 10.8 Å². The second kappa shape index (κ2) is 6.43. The highest BCUT2D eigenvalue weighted by Crippen LogP contribution is 2.18. The molecule has 1 heterocycles. The molecule has 1 amide bonds. The predicted molar refractivity (Wildman–Crippen MR) is 90.9 cm³/mol. The molecule has 0 fully saturated rings. The number of carbonyl (C=O) groups excluding carboxylic acids is 1. The Labute approximate surface area is 142 Å². The summed E-state index contributed by atoms with van der Waals surface area (Å²) in [6.07, 6.45) is -0.977. The Morgan fingerprint density at radius 2 is 1.79 bits per heavy atom. The lowest BCUT2D eigenvalue weighted by Gasteiger charge is -2.14. The summed E-state index contributed by atoms with van der Waals surface area (Å²) in [5.41, 5.74) is 5.54. The van der Waals surface area contributed by atoms with E-state index in [4.69, 9.17) is 17.3 Å². The Balaban J connectivity index is 2.06. The number of amides is 1. The van der Waals surface area contributed by atoms with Crippen LogP contribution < -0.4 is 11.3 Å². The third-order valence-corrected chi connectivity index (χ3v) is 3.95. The number of rotatable bonds is 4. The Hall–Kier alpha value is -2.70. The summed E-state index contributed by atoms with van der Waals surface area (Å²) in [6, 6.07) is 13.2. The number of primary amides is 1. The Morgan fingerprint density at radius 3 is 2.42 bits per heavy atom. The molecule has 122 valence electrons. The topological polar surface area (TPSA) is 98.2 Å². The van der Waals surface area contributed by atoms with Crippen molar-refractivity contribution in [2.45, 2.75) is 12.6 Å². The van der Waals surface area contributed by atoms with Crippen LogP contribution in [0.1, 0.15) is 22.2 Å². The van der Waals surface area contributed by atoms with Crippen molar-refractivity contribution in [1.82, 2.24) is 9.78 Å². The van der Waals surface area contributed by atoms with Crippen molar-refractivity contribution >= 4 is 28.3 Å². The van der Waals surface area contributed by atoms with Gasteiger partial charge in [-0.25, -0.2) is 4.68 Å². The zero-order valence-electron chi connectivity index (χ0n) is 12.5. The van der Waals surface area contributed by atoms with E-state index in [9.17, 15) is 14.7 Å². The van der Waals surface area contributed by atoms with E-state index in [0.29, 0.717) is 21.4 Å². The van der Waals surface area contributed by atoms with E-state index in [1.54, 1.807) is 48.5 Å². The van der Waals surface area contributed by atoms with Crippen LogP contribution in [0.4, 0.5) is 0 Å². The van der Waals surface area contributed by atoms with Gasteiger partial charge in [-0.1, -0.05) is 41.9 Å². The van der Waals surface area contributed by atoms with E-state index < -0.39 is 17.6 Å². The van der Waals surface area contributed by atoms with Gasteiger partial charge in [-0.2, -0.15) is 5.10 Å². The zero-order valence-corrected chi connectivity index (χ0v) is 13.3.